The van der Waals surface area contributed by atoms with Gasteiger partial charge in [-0.2, -0.15) is 5.26 Å². The van der Waals surface area contributed by atoms with E-state index in [4.69, 9.17) is 21.2 Å². The van der Waals surface area contributed by atoms with E-state index >= 15 is 0 Å². The highest BCUT2D eigenvalue weighted by Gasteiger charge is 2.74. The van der Waals surface area contributed by atoms with Gasteiger partial charge in [-0.3, -0.25) is 9.59 Å². The normalized spacial score (nSPS) is 46.7. The van der Waals surface area contributed by atoms with Gasteiger partial charge in [0.2, 0.25) is 0 Å². The Kier molecular flexibility index (Phi) is 1.79. The van der Waals surface area contributed by atoms with Crippen molar-refractivity contribution in [2.75, 3.05) is 0 Å². The van der Waals surface area contributed by atoms with Crippen LogP contribution in [0.4, 0.5) is 0 Å². The van der Waals surface area contributed by atoms with E-state index in [-0.39, 0.29) is 12.3 Å². The monoisotopic (exact) mass is 210 g/mol. The zero-order valence-electron chi connectivity index (χ0n) is 7.75. The summed E-state index contributed by atoms with van der Waals surface area (Å²) in [5.74, 6) is -4.53. The number of nitrogens with zero attached hydrogens (tertiary/aromatic N) is 1. The minimum absolute atomic E-state index is 0.0535. The predicted octanol–water partition coefficient (Wildman–Crippen LogP) is -0.741. The Morgan fingerprint density at radius 3 is 2.47 bits per heavy atom. The molecule has 0 aliphatic heterocycles. The molecule has 6 nitrogen and oxygen atoms in total. The van der Waals surface area contributed by atoms with Gasteiger partial charge in [-0.05, 0) is 12.3 Å². The van der Waals surface area contributed by atoms with Crippen LogP contribution in [0.5, 0.6) is 0 Å². The topological polar surface area (TPSA) is 124 Å². The lowest BCUT2D eigenvalue weighted by Crippen LogP contribution is -2.50. The van der Waals surface area contributed by atoms with Crippen LogP contribution >= 0.6 is 0 Å². The number of aliphatic carboxylic acids is 2. The Labute approximate surface area is 85.3 Å². The summed E-state index contributed by atoms with van der Waals surface area (Å²) in [6.45, 7) is 0. The van der Waals surface area contributed by atoms with Crippen LogP contribution in [0.1, 0.15) is 6.42 Å². The summed E-state index contributed by atoms with van der Waals surface area (Å²) in [7, 11) is 0. The van der Waals surface area contributed by atoms with Crippen LogP contribution in [-0.4, -0.2) is 27.7 Å². The molecular weight excluding hydrogens is 200 g/mol. The molecule has 0 amide bonds. The largest absolute Gasteiger partial charge is 0.481 e. The zero-order chi connectivity index (χ0) is 11.4. The molecule has 6 heteroatoms. The van der Waals surface area contributed by atoms with Crippen molar-refractivity contribution in [3.05, 3.63) is 0 Å². The van der Waals surface area contributed by atoms with Gasteiger partial charge in [0.25, 0.3) is 0 Å². The molecule has 0 radical (unpaired) electrons. The summed E-state index contributed by atoms with van der Waals surface area (Å²) in [6.07, 6.45) is 0.0535. The van der Waals surface area contributed by atoms with E-state index in [0.29, 0.717) is 0 Å². The number of nitrogens with two attached hydrogens (primary N) is 1. The van der Waals surface area contributed by atoms with Gasteiger partial charge in [-0.1, -0.05) is 0 Å². The van der Waals surface area contributed by atoms with E-state index in [2.05, 4.69) is 0 Å². The molecule has 0 aromatic heterocycles. The summed E-state index contributed by atoms with van der Waals surface area (Å²) < 4.78 is 0. The number of fused-ring (bicyclic) bond motifs is 1. The molecule has 2 aliphatic rings. The van der Waals surface area contributed by atoms with Gasteiger partial charge in [0, 0.05) is 5.92 Å². The van der Waals surface area contributed by atoms with Crippen LogP contribution in [0.15, 0.2) is 0 Å². The number of nitriles is 1. The van der Waals surface area contributed by atoms with E-state index < -0.39 is 35.2 Å². The molecule has 5 atom stereocenters. The van der Waals surface area contributed by atoms with Gasteiger partial charge in [0.15, 0.2) is 0 Å². The Morgan fingerprint density at radius 1 is 1.47 bits per heavy atom. The molecule has 2 saturated carbocycles. The van der Waals surface area contributed by atoms with Crippen molar-refractivity contribution < 1.29 is 19.8 Å². The van der Waals surface area contributed by atoms with E-state index in [1.54, 1.807) is 0 Å². The van der Waals surface area contributed by atoms with Crippen molar-refractivity contribution >= 4 is 11.9 Å². The molecule has 2 rings (SSSR count). The predicted molar refractivity (Wildman–Crippen MR) is 46.4 cm³/mol. The molecule has 5 unspecified atom stereocenters. The third-order valence-electron chi connectivity index (χ3n) is 3.54. The molecule has 0 spiro atoms. The average molecular weight is 210 g/mol. The molecule has 80 valence electrons. The van der Waals surface area contributed by atoms with Crippen LogP contribution in [-0.2, 0) is 9.59 Å². The highest BCUT2D eigenvalue weighted by atomic mass is 16.4. The van der Waals surface area contributed by atoms with Crippen LogP contribution in [0.2, 0.25) is 0 Å². The number of carboxylic acid groups (broad SMARTS) is 2. The number of carboxylic acids is 2. The quantitative estimate of drug-likeness (QED) is 0.551. The third-order valence-corrected chi connectivity index (χ3v) is 3.54. The van der Waals surface area contributed by atoms with Crippen molar-refractivity contribution in [1.82, 2.24) is 0 Å². The van der Waals surface area contributed by atoms with Gasteiger partial charge in [0.05, 0.1) is 17.9 Å². The molecule has 2 aliphatic carbocycles. The molecule has 2 fully saturated rings. The fourth-order valence-electron chi connectivity index (χ4n) is 2.81. The second-order valence-electron chi connectivity index (χ2n) is 4.25. The van der Waals surface area contributed by atoms with E-state index in [1.165, 1.54) is 0 Å². The maximum Gasteiger partial charge on any atom is 0.324 e. The second kappa shape index (κ2) is 2.70. The van der Waals surface area contributed by atoms with E-state index in [1.807, 2.05) is 6.07 Å². The fraction of sp³-hybridized carbons (Fsp3) is 0.667. The second-order valence-corrected chi connectivity index (χ2v) is 4.25. The Bertz CT molecular complexity index is 388. The maximum absolute atomic E-state index is 11.0. The SMILES string of the molecule is N#CC1CC(N)(C(=O)O)C2C(C(=O)O)C12. The first kappa shape index (κ1) is 9.93. The average Bonchev–Trinajstić information content (AvgIpc) is 2.82. The number of carbonyl (C=O) groups is 2. The van der Waals surface area contributed by atoms with Gasteiger partial charge in [-0.15, -0.1) is 0 Å². The number of rotatable bonds is 2. The Morgan fingerprint density at radius 2 is 2.07 bits per heavy atom. The smallest absolute Gasteiger partial charge is 0.324 e. The fourth-order valence-corrected chi connectivity index (χ4v) is 2.81. The van der Waals surface area contributed by atoms with Crippen molar-refractivity contribution in [3.8, 4) is 6.07 Å². The van der Waals surface area contributed by atoms with E-state index in [9.17, 15) is 9.59 Å². The van der Waals surface area contributed by atoms with Gasteiger partial charge >= 0.3 is 11.9 Å². The Hall–Kier alpha value is -1.61. The molecular formula is C9H10N2O4. The molecule has 0 bridgehead atoms. The summed E-state index contributed by atoms with van der Waals surface area (Å²) in [4.78, 5) is 21.8. The molecule has 0 saturated heterocycles. The van der Waals surface area contributed by atoms with Crippen molar-refractivity contribution in [2.45, 2.75) is 12.0 Å². The summed E-state index contributed by atoms with van der Waals surface area (Å²) in [6, 6.07) is 1.94. The molecule has 0 aromatic carbocycles. The first-order valence-electron chi connectivity index (χ1n) is 4.58. The Balaban J connectivity index is 2.31. The maximum atomic E-state index is 11.0. The van der Waals surface area contributed by atoms with Gasteiger partial charge in [-0.25, -0.2) is 0 Å². The van der Waals surface area contributed by atoms with E-state index in [0.717, 1.165) is 0 Å². The van der Waals surface area contributed by atoms with Gasteiger partial charge < -0.3 is 15.9 Å². The highest BCUT2D eigenvalue weighted by molar-refractivity contribution is 5.85. The molecule has 0 heterocycles. The molecule has 0 aromatic rings. The lowest BCUT2D eigenvalue weighted by molar-refractivity contribution is -0.145. The highest BCUT2D eigenvalue weighted by Crippen LogP contribution is 2.64. The number of hydrogen-bond donors (Lipinski definition) is 3. The first-order valence-corrected chi connectivity index (χ1v) is 4.58. The standard InChI is InChI=1S/C9H10N2O4/c10-2-3-1-9(11,8(14)15)6-4(3)5(6)7(12)13/h3-6H,1,11H2,(H,12,13)(H,14,15). The summed E-state index contributed by atoms with van der Waals surface area (Å²) in [5.41, 5.74) is 4.13. The first-order chi connectivity index (χ1) is 6.93. The van der Waals surface area contributed by atoms with Crippen LogP contribution < -0.4 is 5.73 Å². The minimum atomic E-state index is -1.53. The number of hydrogen-bond acceptors (Lipinski definition) is 4. The lowest BCUT2D eigenvalue weighted by Gasteiger charge is -2.22. The third kappa shape index (κ3) is 1.07. The van der Waals surface area contributed by atoms with Gasteiger partial charge in [0.1, 0.15) is 5.54 Å². The van der Waals surface area contributed by atoms with Crippen molar-refractivity contribution in [2.24, 2.45) is 29.4 Å². The lowest BCUT2D eigenvalue weighted by atomic mass is 9.88. The van der Waals surface area contributed by atoms with Crippen LogP contribution in [0, 0.1) is 35.0 Å². The van der Waals surface area contributed by atoms with Crippen molar-refractivity contribution in [3.63, 3.8) is 0 Å². The zero-order valence-corrected chi connectivity index (χ0v) is 7.75. The van der Waals surface area contributed by atoms with Crippen molar-refractivity contribution in [1.29, 1.82) is 5.26 Å². The summed E-state index contributed by atoms with van der Waals surface area (Å²) in [5, 5.41) is 26.6. The van der Waals surface area contributed by atoms with Crippen LogP contribution in [0.25, 0.3) is 0 Å². The minimum Gasteiger partial charge on any atom is -0.481 e. The molecule has 15 heavy (non-hydrogen) atoms. The summed E-state index contributed by atoms with van der Waals surface area (Å²) >= 11 is 0. The van der Waals surface area contributed by atoms with Crippen LogP contribution in [0.3, 0.4) is 0 Å². The molecule has 4 N–H and O–H groups in total.